The van der Waals surface area contributed by atoms with E-state index >= 15 is 0 Å². The van der Waals surface area contributed by atoms with E-state index in [2.05, 4.69) is 0 Å². The second-order valence-corrected chi connectivity index (χ2v) is 7.22. The van der Waals surface area contributed by atoms with Gasteiger partial charge in [-0.1, -0.05) is 50.3 Å². The predicted octanol–water partition coefficient (Wildman–Crippen LogP) is 3.73. The second kappa shape index (κ2) is 10.2. The van der Waals surface area contributed by atoms with E-state index < -0.39 is 0 Å². The monoisotopic (exact) mass is 361 g/mol. The van der Waals surface area contributed by atoms with Gasteiger partial charge in [-0.2, -0.15) is 0 Å². The number of hydrogen-bond acceptors (Lipinski definition) is 4. The fourth-order valence-electron chi connectivity index (χ4n) is 3.46. The molecule has 144 valence electrons. The summed E-state index contributed by atoms with van der Waals surface area (Å²) in [5.74, 6) is 0.00136. The Morgan fingerprint density at radius 1 is 1.12 bits per heavy atom. The van der Waals surface area contributed by atoms with Gasteiger partial charge in [-0.3, -0.25) is 9.59 Å². The first kappa shape index (κ1) is 20.3. The van der Waals surface area contributed by atoms with Crippen LogP contribution < -0.4 is 4.74 Å². The molecule has 1 aromatic rings. The van der Waals surface area contributed by atoms with Crippen LogP contribution >= 0.6 is 0 Å². The van der Waals surface area contributed by atoms with Crippen LogP contribution in [0.2, 0.25) is 0 Å². The van der Waals surface area contributed by atoms with Gasteiger partial charge in [0, 0.05) is 12.6 Å². The number of hydrogen-bond donors (Lipinski definition) is 0. The molecule has 2 rings (SSSR count). The van der Waals surface area contributed by atoms with Crippen LogP contribution in [0.5, 0.6) is 5.75 Å². The first-order valence-electron chi connectivity index (χ1n) is 9.58. The largest absolute Gasteiger partial charge is 0.484 e. The number of rotatable bonds is 7. The summed E-state index contributed by atoms with van der Waals surface area (Å²) in [6.45, 7) is 4.20. The van der Waals surface area contributed by atoms with E-state index in [4.69, 9.17) is 9.47 Å². The third kappa shape index (κ3) is 6.04. The number of nitrogens with zero attached hydrogens (tertiary/aromatic N) is 1. The average Bonchev–Trinajstić information content (AvgIpc) is 2.93. The summed E-state index contributed by atoms with van der Waals surface area (Å²) in [6, 6.07) is 7.84. The number of carbonyl (C=O) groups is 2. The number of esters is 1. The molecule has 1 saturated carbocycles. The molecule has 1 aliphatic carbocycles. The van der Waals surface area contributed by atoms with E-state index in [0.717, 1.165) is 31.2 Å². The molecule has 1 amide bonds. The maximum Gasteiger partial charge on any atom is 0.310 e. The fourth-order valence-corrected chi connectivity index (χ4v) is 3.46. The second-order valence-electron chi connectivity index (χ2n) is 7.22. The van der Waals surface area contributed by atoms with Gasteiger partial charge in [0.15, 0.2) is 6.61 Å². The van der Waals surface area contributed by atoms with E-state index in [1.54, 1.807) is 0 Å². The molecule has 1 aromatic carbocycles. The lowest BCUT2D eigenvalue weighted by molar-refractivity contribution is -0.147. The molecule has 0 aliphatic heterocycles. The van der Waals surface area contributed by atoms with Gasteiger partial charge in [-0.15, -0.1) is 0 Å². The normalized spacial score (nSPS) is 16.4. The predicted molar refractivity (Wildman–Crippen MR) is 101 cm³/mol. The maximum absolute atomic E-state index is 12.9. The van der Waals surface area contributed by atoms with Gasteiger partial charge in [-0.25, -0.2) is 0 Å². The Labute approximate surface area is 156 Å². The minimum Gasteiger partial charge on any atom is -0.484 e. The number of ether oxygens (including phenoxy) is 2. The summed E-state index contributed by atoms with van der Waals surface area (Å²) in [5.41, 5.74) is 1.15. The molecule has 0 spiro atoms. The summed E-state index contributed by atoms with van der Waals surface area (Å²) < 4.78 is 10.5. The summed E-state index contributed by atoms with van der Waals surface area (Å²) in [5, 5.41) is 0. The van der Waals surface area contributed by atoms with Crippen molar-refractivity contribution in [1.82, 2.24) is 4.90 Å². The Hall–Kier alpha value is -2.04. The molecular weight excluding hydrogens is 330 g/mol. The Kier molecular flexibility index (Phi) is 7.95. The zero-order valence-corrected chi connectivity index (χ0v) is 16.2. The molecule has 1 aliphatic rings. The van der Waals surface area contributed by atoms with E-state index in [0.29, 0.717) is 12.3 Å². The van der Waals surface area contributed by atoms with E-state index in [-0.39, 0.29) is 30.4 Å². The van der Waals surface area contributed by atoms with Gasteiger partial charge >= 0.3 is 5.97 Å². The summed E-state index contributed by atoms with van der Waals surface area (Å²) >= 11 is 0. The molecule has 5 nitrogen and oxygen atoms in total. The van der Waals surface area contributed by atoms with Gasteiger partial charge in [0.2, 0.25) is 0 Å². The molecule has 1 unspecified atom stereocenters. The summed E-state index contributed by atoms with van der Waals surface area (Å²) in [6.07, 6.45) is 6.66. The molecular formula is C21H31NO4. The number of aryl methyl sites for hydroxylation is 1. The van der Waals surface area contributed by atoms with E-state index in [1.165, 1.54) is 20.0 Å². The van der Waals surface area contributed by atoms with E-state index in [9.17, 15) is 9.59 Å². The van der Waals surface area contributed by atoms with Crippen molar-refractivity contribution in [2.45, 2.75) is 58.4 Å². The Bertz CT molecular complexity index is 576. The maximum atomic E-state index is 12.9. The van der Waals surface area contributed by atoms with Gasteiger partial charge in [0.25, 0.3) is 5.91 Å². The van der Waals surface area contributed by atoms with Crippen molar-refractivity contribution >= 4 is 11.9 Å². The van der Waals surface area contributed by atoms with Crippen LogP contribution in [0, 0.1) is 12.8 Å². The smallest absolute Gasteiger partial charge is 0.310 e. The lowest BCUT2D eigenvalue weighted by Gasteiger charge is -2.32. The third-order valence-electron chi connectivity index (χ3n) is 5.04. The zero-order chi connectivity index (χ0) is 18.9. The van der Waals surface area contributed by atoms with Crippen molar-refractivity contribution in [2.75, 3.05) is 20.3 Å². The number of carbonyl (C=O) groups excluding carboxylic acids is 2. The van der Waals surface area contributed by atoms with Crippen LogP contribution in [0.3, 0.4) is 0 Å². The molecule has 0 heterocycles. The first-order chi connectivity index (χ1) is 12.5. The van der Waals surface area contributed by atoms with Gasteiger partial charge in [0.05, 0.1) is 13.0 Å². The van der Waals surface area contributed by atoms with Crippen LogP contribution in [0.15, 0.2) is 24.3 Å². The molecule has 1 fully saturated rings. The van der Waals surface area contributed by atoms with Gasteiger partial charge in [0.1, 0.15) is 5.75 Å². The molecule has 0 saturated heterocycles. The molecule has 0 aromatic heterocycles. The third-order valence-corrected chi connectivity index (χ3v) is 5.04. The van der Waals surface area contributed by atoms with Crippen LogP contribution in [-0.2, 0) is 14.3 Å². The van der Waals surface area contributed by atoms with Crippen LogP contribution in [0.1, 0.15) is 51.0 Å². The molecule has 1 atom stereocenters. The minimum atomic E-state index is -0.341. The summed E-state index contributed by atoms with van der Waals surface area (Å²) in [4.78, 5) is 26.6. The molecule has 5 heteroatoms. The van der Waals surface area contributed by atoms with Crippen molar-refractivity contribution in [3.8, 4) is 5.75 Å². The van der Waals surface area contributed by atoms with Crippen molar-refractivity contribution < 1.29 is 19.1 Å². The number of methoxy groups -OCH3 is 1. The quantitative estimate of drug-likeness (QED) is 0.548. The van der Waals surface area contributed by atoms with Gasteiger partial charge < -0.3 is 14.4 Å². The SMILES string of the molecule is COC(=O)C(C)CN(C(=O)COc1ccc(C)cc1)C1CCCCCC1. The molecule has 26 heavy (non-hydrogen) atoms. The molecule has 0 N–H and O–H groups in total. The number of amides is 1. The topological polar surface area (TPSA) is 55.8 Å². The highest BCUT2D eigenvalue weighted by Gasteiger charge is 2.28. The highest BCUT2D eigenvalue weighted by Crippen LogP contribution is 2.23. The van der Waals surface area contributed by atoms with Crippen molar-refractivity contribution in [3.05, 3.63) is 29.8 Å². The van der Waals surface area contributed by atoms with Crippen LogP contribution in [-0.4, -0.2) is 43.1 Å². The van der Waals surface area contributed by atoms with Crippen LogP contribution in [0.25, 0.3) is 0 Å². The highest BCUT2D eigenvalue weighted by molar-refractivity contribution is 5.79. The Balaban J connectivity index is 2.03. The molecule has 0 radical (unpaired) electrons. The summed E-state index contributed by atoms with van der Waals surface area (Å²) in [7, 11) is 1.39. The Morgan fingerprint density at radius 2 is 1.73 bits per heavy atom. The van der Waals surface area contributed by atoms with Crippen molar-refractivity contribution in [3.63, 3.8) is 0 Å². The fraction of sp³-hybridized carbons (Fsp3) is 0.619. The minimum absolute atomic E-state index is 0.00649. The lowest BCUT2D eigenvalue weighted by atomic mass is 10.0. The molecule has 0 bridgehead atoms. The zero-order valence-electron chi connectivity index (χ0n) is 16.2. The lowest BCUT2D eigenvalue weighted by Crippen LogP contribution is -2.46. The van der Waals surface area contributed by atoms with Gasteiger partial charge in [-0.05, 0) is 31.9 Å². The van der Waals surface area contributed by atoms with Crippen molar-refractivity contribution in [1.29, 1.82) is 0 Å². The number of benzene rings is 1. The Morgan fingerprint density at radius 3 is 2.31 bits per heavy atom. The van der Waals surface area contributed by atoms with Crippen LogP contribution in [0.4, 0.5) is 0 Å². The first-order valence-corrected chi connectivity index (χ1v) is 9.58. The van der Waals surface area contributed by atoms with Crippen molar-refractivity contribution in [2.24, 2.45) is 5.92 Å². The average molecular weight is 361 g/mol. The van der Waals surface area contributed by atoms with E-state index in [1.807, 2.05) is 43.0 Å². The highest BCUT2D eigenvalue weighted by atomic mass is 16.5. The standard InChI is InChI=1S/C21H31NO4/c1-16-10-12-19(13-11-16)26-15-20(23)22(14-17(2)21(24)25-3)18-8-6-4-5-7-9-18/h10-13,17-18H,4-9,14-15H2,1-3H3.